The molecule has 1 fully saturated rings. The lowest BCUT2D eigenvalue weighted by molar-refractivity contribution is -0.148. The van der Waals surface area contributed by atoms with Crippen LogP contribution in [-0.4, -0.2) is 25.3 Å². The topological polar surface area (TPSA) is 35.5 Å². The van der Waals surface area contributed by atoms with Gasteiger partial charge in [-0.2, -0.15) is 0 Å². The van der Waals surface area contributed by atoms with Crippen LogP contribution in [0.3, 0.4) is 0 Å². The lowest BCUT2D eigenvalue weighted by Crippen LogP contribution is -2.19. The van der Waals surface area contributed by atoms with Gasteiger partial charge < -0.3 is 9.47 Å². The Morgan fingerprint density at radius 2 is 2.44 bits per heavy atom. The van der Waals surface area contributed by atoms with Gasteiger partial charge in [-0.05, 0) is 17.7 Å². The summed E-state index contributed by atoms with van der Waals surface area (Å²) in [5.74, 6) is -0.186. The second-order valence-electron chi connectivity index (χ2n) is 3.78. The number of carbonyl (C=O) groups excluding carboxylic acids is 1. The zero-order valence-electron chi connectivity index (χ0n) is 8.82. The van der Waals surface area contributed by atoms with E-state index in [2.05, 4.69) is 15.9 Å². The van der Waals surface area contributed by atoms with Gasteiger partial charge >= 0.3 is 5.97 Å². The molecule has 1 atom stereocenters. The summed E-state index contributed by atoms with van der Waals surface area (Å²) in [6.45, 7) is 1.22. The first kappa shape index (κ1) is 11.6. The third-order valence-corrected chi connectivity index (χ3v) is 2.92. The van der Waals surface area contributed by atoms with E-state index in [1.165, 1.54) is 0 Å². The summed E-state index contributed by atoms with van der Waals surface area (Å²) in [6, 6.07) is 7.68. The first-order chi connectivity index (χ1) is 7.74. The molecule has 1 aromatic rings. The molecular weight excluding hydrogens is 272 g/mol. The molecule has 0 N–H and O–H groups in total. The van der Waals surface area contributed by atoms with Crippen LogP contribution in [0.4, 0.5) is 0 Å². The third kappa shape index (κ3) is 3.32. The van der Waals surface area contributed by atoms with Gasteiger partial charge in [-0.3, -0.25) is 4.79 Å². The fraction of sp³-hybridized carbons (Fsp3) is 0.417. The molecular formula is C12H13BrO3. The summed E-state index contributed by atoms with van der Waals surface area (Å²) in [4.78, 5) is 11.6. The van der Waals surface area contributed by atoms with Crippen LogP contribution in [-0.2, 0) is 20.7 Å². The van der Waals surface area contributed by atoms with Gasteiger partial charge in [0, 0.05) is 10.9 Å². The summed E-state index contributed by atoms with van der Waals surface area (Å²) in [6.07, 6.45) is 1.07. The Balaban J connectivity index is 1.86. The molecule has 1 aromatic carbocycles. The normalized spacial score (nSPS) is 19.7. The molecule has 4 heteroatoms. The van der Waals surface area contributed by atoms with Crippen LogP contribution in [0.25, 0.3) is 0 Å². The van der Waals surface area contributed by atoms with Gasteiger partial charge in [-0.1, -0.05) is 28.1 Å². The molecule has 0 bridgehead atoms. The van der Waals surface area contributed by atoms with Crippen molar-refractivity contribution in [3.8, 4) is 0 Å². The average molecular weight is 285 g/mol. The molecule has 16 heavy (non-hydrogen) atoms. The SMILES string of the molecule is O=C(Cc1cccc(Br)c1)O[C@@H]1CCOC1. The first-order valence-electron chi connectivity index (χ1n) is 5.26. The second kappa shape index (κ2) is 5.46. The molecule has 0 aliphatic carbocycles. The van der Waals surface area contributed by atoms with Crippen LogP contribution in [0, 0.1) is 0 Å². The molecule has 3 nitrogen and oxygen atoms in total. The van der Waals surface area contributed by atoms with E-state index in [9.17, 15) is 4.79 Å². The molecule has 0 amide bonds. The van der Waals surface area contributed by atoms with Crippen molar-refractivity contribution in [3.05, 3.63) is 34.3 Å². The minimum Gasteiger partial charge on any atom is -0.460 e. The van der Waals surface area contributed by atoms with Gasteiger partial charge in [0.25, 0.3) is 0 Å². The van der Waals surface area contributed by atoms with Gasteiger partial charge in [0.1, 0.15) is 6.10 Å². The fourth-order valence-corrected chi connectivity index (χ4v) is 2.09. The summed E-state index contributed by atoms with van der Waals surface area (Å²) >= 11 is 3.37. The number of esters is 1. The van der Waals surface area contributed by atoms with Gasteiger partial charge in [0.15, 0.2) is 0 Å². The number of hydrogen-bond acceptors (Lipinski definition) is 3. The fourth-order valence-electron chi connectivity index (χ4n) is 1.65. The monoisotopic (exact) mass is 284 g/mol. The molecule has 0 aromatic heterocycles. The average Bonchev–Trinajstić information content (AvgIpc) is 2.70. The van der Waals surface area contributed by atoms with Gasteiger partial charge in [0.2, 0.25) is 0 Å². The zero-order valence-corrected chi connectivity index (χ0v) is 10.4. The number of hydrogen-bond donors (Lipinski definition) is 0. The van der Waals surface area contributed by atoms with Crippen LogP contribution in [0.5, 0.6) is 0 Å². The number of benzene rings is 1. The van der Waals surface area contributed by atoms with Gasteiger partial charge in [-0.25, -0.2) is 0 Å². The molecule has 1 saturated heterocycles. The summed E-state index contributed by atoms with van der Waals surface area (Å²) < 4.78 is 11.4. The highest BCUT2D eigenvalue weighted by atomic mass is 79.9. The van der Waals surface area contributed by atoms with E-state index in [0.29, 0.717) is 19.6 Å². The predicted octanol–water partition coefficient (Wildman–Crippen LogP) is 2.32. The predicted molar refractivity (Wildman–Crippen MR) is 63.2 cm³/mol. The maximum atomic E-state index is 11.6. The van der Waals surface area contributed by atoms with Crippen LogP contribution in [0.2, 0.25) is 0 Å². The third-order valence-electron chi connectivity index (χ3n) is 2.42. The summed E-state index contributed by atoms with van der Waals surface area (Å²) in [7, 11) is 0. The quantitative estimate of drug-likeness (QED) is 0.800. The van der Waals surface area contributed by atoms with E-state index >= 15 is 0 Å². The zero-order chi connectivity index (χ0) is 11.4. The van der Waals surface area contributed by atoms with Crippen molar-refractivity contribution in [2.24, 2.45) is 0 Å². The second-order valence-corrected chi connectivity index (χ2v) is 4.70. The van der Waals surface area contributed by atoms with E-state index in [0.717, 1.165) is 16.5 Å². The standard InChI is InChI=1S/C12H13BrO3/c13-10-3-1-2-9(6-10)7-12(14)16-11-4-5-15-8-11/h1-3,6,11H,4-5,7-8H2/t11-/m1/s1. The highest BCUT2D eigenvalue weighted by Gasteiger charge is 2.19. The van der Waals surface area contributed by atoms with Crippen molar-refractivity contribution < 1.29 is 14.3 Å². The first-order valence-corrected chi connectivity index (χ1v) is 6.05. The molecule has 0 spiro atoms. The Kier molecular flexibility index (Phi) is 3.96. The maximum Gasteiger partial charge on any atom is 0.310 e. The van der Waals surface area contributed by atoms with Gasteiger partial charge in [-0.15, -0.1) is 0 Å². The van der Waals surface area contributed by atoms with Crippen molar-refractivity contribution in [3.63, 3.8) is 0 Å². The van der Waals surface area contributed by atoms with Crippen molar-refractivity contribution >= 4 is 21.9 Å². The number of carbonyl (C=O) groups is 1. The Morgan fingerprint density at radius 3 is 3.12 bits per heavy atom. The van der Waals surface area contributed by atoms with E-state index in [4.69, 9.17) is 9.47 Å². The van der Waals surface area contributed by atoms with Crippen molar-refractivity contribution in [2.75, 3.05) is 13.2 Å². The highest BCUT2D eigenvalue weighted by molar-refractivity contribution is 9.10. The number of rotatable bonds is 3. The van der Waals surface area contributed by atoms with E-state index in [-0.39, 0.29) is 12.1 Å². The molecule has 1 aliphatic heterocycles. The summed E-state index contributed by atoms with van der Waals surface area (Å²) in [5, 5.41) is 0. The van der Waals surface area contributed by atoms with Crippen molar-refractivity contribution in [2.45, 2.75) is 18.9 Å². The Morgan fingerprint density at radius 1 is 1.56 bits per heavy atom. The molecule has 0 saturated carbocycles. The maximum absolute atomic E-state index is 11.6. The smallest absolute Gasteiger partial charge is 0.310 e. The van der Waals surface area contributed by atoms with E-state index in [1.807, 2.05) is 24.3 Å². The van der Waals surface area contributed by atoms with Crippen molar-refractivity contribution in [1.82, 2.24) is 0 Å². The largest absolute Gasteiger partial charge is 0.460 e. The number of halogens is 1. The van der Waals surface area contributed by atoms with Crippen LogP contribution >= 0.6 is 15.9 Å². The Hall–Kier alpha value is -0.870. The molecule has 1 aliphatic rings. The lowest BCUT2D eigenvalue weighted by Gasteiger charge is -2.09. The van der Waals surface area contributed by atoms with E-state index < -0.39 is 0 Å². The lowest BCUT2D eigenvalue weighted by atomic mass is 10.1. The number of ether oxygens (including phenoxy) is 2. The summed E-state index contributed by atoms with van der Waals surface area (Å²) in [5.41, 5.74) is 0.957. The molecule has 2 rings (SSSR count). The molecule has 86 valence electrons. The van der Waals surface area contributed by atoms with Crippen molar-refractivity contribution in [1.29, 1.82) is 0 Å². The van der Waals surface area contributed by atoms with Gasteiger partial charge in [0.05, 0.1) is 19.6 Å². The minimum atomic E-state index is -0.186. The highest BCUT2D eigenvalue weighted by Crippen LogP contribution is 2.14. The molecule has 1 heterocycles. The Bertz CT molecular complexity index is 372. The molecule has 0 radical (unpaired) electrons. The minimum absolute atomic E-state index is 0.0559. The Labute approximate surface area is 103 Å². The van der Waals surface area contributed by atoms with Crippen LogP contribution < -0.4 is 0 Å². The molecule has 0 unspecified atom stereocenters. The van der Waals surface area contributed by atoms with Crippen LogP contribution in [0.1, 0.15) is 12.0 Å². The van der Waals surface area contributed by atoms with E-state index in [1.54, 1.807) is 0 Å². The van der Waals surface area contributed by atoms with Crippen LogP contribution in [0.15, 0.2) is 28.7 Å².